The predicted octanol–water partition coefficient (Wildman–Crippen LogP) is 4.56. The highest BCUT2D eigenvalue weighted by Gasteiger charge is 2.59. The number of nitrogens with zero attached hydrogens (tertiary/aromatic N) is 6. The summed E-state index contributed by atoms with van der Waals surface area (Å²) in [5, 5.41) is 3.45. The van der Waals surface area contributed by atoms with Crippen LogP contribution in [-0.4, -0.2) is 107 Å². The van der Waals surface area contributed by atoms with E-state index >= 15 is 0 Å². The van der Waals surface area contributed by atoms with E-state index in [4.69, 9.17) is 4.74 Å². The topological polar surface area (TPSA) is 94.1 Å². The summed E-state index contributed by atoms with van der Waals surface area (Å²) in [5.41, 5.74) is 0.380. The number of likely N-dealkylation sites (tertiary alicyclic amines) is 2. The predicted molar refractivity (Wildman–Crippen MR) is 178 cm³/mol. The number of nitrogens with one attached hydrogen (secondary N) is 1. The van der Waals surface area contributed by atoms with E-state index in [1.165, 1.54) is 37.4 Å². The average Bonchev–Trinajstić information content (AvgIpc) is 3.30. The van der Waals surface area contributed by atoms with Gasteiger partial charge < -0.3 is 29.7 Å². The molecule has 2 amide bonds. The first-order valence-corrected chi connectivity index (χ1v) is 17.6. The Morgan fingerprint density at radius 1 is 1.11 bits per heavy atom. The minimum absolute atomic E-state index is 0.0267. The highest BCUT2D eigenvalue weighted by atomic mass is 19.1. The maximum Gasteiger partial charge on any atom is 0.257 e. The van der Waals surface area contributed by atoms with Gasteiger partial charge in [-0.15, -0.1) is 0 Å². The van der Waals surface area contributed by atoms with Gasteiger partial charge in [0.25, 0.3) is 5.91 Å². The molecule has 4 aliphatic heterocycles. The first-order valence-electron chi connectivity index (χ1n) is 17.6. The largest absolute Gasteiger partial charge is 0.451 e. The molecule has 1 aromatic heterocycles. The number of anilines is 1. The summed E-state index contributed by atoms with van der Waals surface area (Å²) in [4.78, 5) is 43.8. The maximum absolute atomic E-state index is 14.3. The fourth-order valence-corrected chi connectivity index (χ4v) is 9.30. The van der Waals surface area contributed by atoms with Crippen molar-refractivity contribution in [3.05, 3.63) is 42.1 Å². The van der Waals surface area contributed by atoms with Crippen molar-refractivity contribution in [3.8, 4) is 11.5 Å². The van der Waals surface area contributed by atoms with Gasteiger partial charge in [-0.05, 0) is 110 Å². The molecule has 5 aliphatic rings. The third kappa shape index (κ3) is 6.09. The lowest BCUT2D eigenvalue weighted by atomic mass is 9.68. The van der Waals surface area contributed by atoms with Crippen molar-refractivity contribution >= 4 is 17.6 Å². The number of piperidine rings is 1. The summed E-state index contributed by atoms with van der Waals surface area (Å²) in [7, 11) is 2.11. The Morgan fingerprint density at radius 3 is 2.49 bits per heavy atom. The molecule has 0 unspecified atom stereocenters. The second-order valence-electron chi connectivity index (χ2n) is 15.6. The summed E-state index contributed by atoms with van der Waals surface area (Å²) in [6.07, 6.45) is 11.1. The minimum atomic E-state index is -0.481. The van der Waals surface area contributed by atoms with Crippen LogP contribution < -0.4 is 15.0 Å². The van der Waals surface area contributed by atoms with Gasteiger partial charge >= 0.3 is 0 Å². The molecule has 1 saturated carbocycles. The number of hydrogen-bond donors (Lipinski definition) is 1. The minimum Gasteiger partial charge on any atom is -0.451 e. The van der Waals surface area contributed by atoms with Gasteiger partial charge in [0.05, 0.1) is 17.2 Å². The van der Waals surface area contributed by atoms with E-state index in [0.29, 0.717) is 35.7 Å². The van der Waals surface area contributed by atoms with Crippen LogP contribution in [0, 0.1) is 22.6 Å². The van der Waals surface area contributed by atoms with Crippen LogP contribution in [0.15, 0.2) is 30.7 Å². The molecule has 0 radical (unpaired) electrons. The van der Waals surface area contributed by atoms with Gasteiger partial charge in [0, 0.05) is 56.3 Å². The zero-order valence-corrected chi connectivity index (χ0v) is 28.4. The van der Waals surface area contributed by atoms with Gasteiger partial charge in [-0.1, -0.05) is 0 Å². The van der Waals surface area contributed by atoms with Crippen LogP contribution in [0.25, 0.3) is 0 Å². The molecule has 0 atom stereocenters. The molecule has 47 heavy (non-hydrogen) atoms. The van der Waals surface area contributed by atoms with E-state index < -0.39 is 5.82 Å². The van der Waals surface area contributed by atoms with Crippen molar-refractivity contribution in [2.45, 2.75) is 77.3 Å². The molecule has 5 heterocycles. The van der Waals surface area contributed by atoms with Crippen molar-refractivity contribution in [1.82, 2.24) is 30.0 Å². The van der Waals surface area contributed by atoms with Gasteiger partial charge in [-0.25, -0.2) is 14.4 Å². The van der Waals surface area contributed by atoms with E-state index in [1.807, 2.05) is 20.8 Å². The number of aromatic nitrogens is 2. The van der Waals surface area contributed by atoms with Gasteiger partial charge in [-0.2, -0.15) is 0 Å². The van der Waals surface area contributed by atoms with Crippen LogP contribution in [-0.2, 0) is 4.79 Å². The number of amides is 2. The molecule has 4 saturated heterocycles. The normalized spacial score (nSPS) is 26.8. The van der Waals surface area contributed by atoms with Gasteiger partial charge in [0.15, 0.2) is 11.6 Å². The SMILES string of the molecule is CCN(C(=O)c1cc(F)ccc1Oc1cncnc1N1CC2(CCN(CC3CCC4(CC3)CC3(CN(C)C3)C(=O)N4)CC2)C1)C(C)C. The Hall–Kier alpha value is -3.31. The van der Waals surface area contributed by atoms with Crippen LogP contribution in [0.1, 0.15) is 76.1 Å². The molecule has 1 N–H and O–H groups in total. The number of halogens is 1. The number of hydrogen-bond acceptors (Lipinski definition) is 8. The molecular formula is C36H50FN7O3. The average molecular weight is 648 g/mol. The lowest BCUT2D eigenvalue weighted by Gasteiger charge is -2.55. The molecule has 254 valence electrons. The third-order valence-electron chi connectivity index (χ3n) is 11.8. The zero-order valence-electron chi connectivity index (χ0n) is 28.4. The van der Waals surface area contributed by atoms with Crippen molar-refractivity contribution in [1.29, 1.82) is 0 Å². The first-order chi connectivity index (χ1) is 22.5. The summed E-state index contributed by atoms with van der Waals surface area (Å²) in [6, 6.07) is 4.05. The van der Waals surface area contributed by atoms with Crippen LogP contribution >= 0.6 is 0 Å². The van der Waals surface area contributed by atoms with E-state index in [-0.39, 0.29) is 33.9 Å². The molecule has 2 aromatic rings. The molecule has 3 spiro atoms. The smallest absolute Gasteiger partial charge is 0.257 e. The molecule has 1 aromatic carbocycles. The van der Waals surface area contributed by atoms with Crippen LogP contribution in [0.5, 0.6) is 11.5 Å². The standard InChI is InChI=1S/C36H50FN7O3/c1-5-44(25(2)3)32(45)28-16-27(37)6-7-29(28)47-30-17-38-24-39-31(30)43-20-34(21-43)12-14-42(15-13-34)18-26-8-10-36(11-9-26)19-35(33(46)40-36)22-41(4)23-35/h6-7,16-17,24-26H,5,8-15,18-23H2,1-4H3,(H,40,46). The summed E-state index contributed by atoms with van der Waals surface area (Å²) >= 11 is 0. The maximum atomic E-state index is 14.3. The highest BCUT2D eigenvalue weighted by molar-refractivity contribution is 5.97. The Kier molecular flexibility index (Phi) is 8.43. The Bertz CT molecular complexity index is 1490. The number of carbonyl (C=O) groups excluding carboxylic acids is 2. The monoisotopic (exact) mass is 647 g/mol. The molecule has 10 nitrogen and oxygen atoms in total. The number of benzene rings is 1. The van der Waals surface area contributed by atoms with Crippen molar-refractivity contribution in [2.24, 2.45) is 16.7 Å². The van der Waals surface area contributed by atoms with Crippen LogP contribution in [0.4, 0.5) is 10.2 Å². The summed E-state index contributed by atoms with van der Waals surface area (Å²) < 4.78 is 20.6. The second-order valence-corrected chi connectivity index (χ2v) is 15.6. The number of ether oxygens (including phenoxy) is 1. The molecule has 0 bridgehead atoms. The first kappa shape index (κ1) is 32.2. The molecule has 5 fully saturated rings. The van der Waals surface area contributed by atoms with E-state index in [0.717, 1.165) is 77.9 Å². The molecule has 1 aliphatic carbocycles. The van der Waals surface area contributed by atoms with Crippen molar-refractivity contribution in [3.63, 3.8) is 0 Å². The number of rotatable bonds is 8. The molecule has 7 rings (SSSR count). The second kappa shape index (κ2) is 12.3. The van der Waals surface area contributed by atoms with E-state index in [9.17, 15) is 14.0 Å². The van der Waals surface area contributed by atoms with Crippen molar-refractivity contribution in [2.75, 3.05) is 64.3 Å². The molecular weight excluding hydrogens is 597 g/mol. The lowest BCUT2D eigenvalue weighted by molar-refractivity contribution is -0.135. The van der Waals surface area contributed by atoms with E-state index in [1.54, 1.807) is 11.1 Å². The van der Waals surface area contributed by atoms with Gasteiger partial charge in [0.1, 0.15) is 17.9 Å². The van der Waals surface area contributed by atoms with Crippen molar-refractivity contribution < 1.29 is 18.7 Å². The third-order valence-corrected chi connectivity index (χ3v) is 11.8. The Labute approximate surface area is 278 Å². The fourth-order valence-electron chi connectivity index (χ4n) is 9.30. The van der Waals surface area contributed by atoms with E-state index in [2.05, 4.69) is 37.0 Å². The summed E-state index contributed by atoms with van der Waals surface area (Å²) in [6.45, 7) is 13.3. The van der Waals surface area contributed by atoms with Gasteiger partial charge in [-0.3, -0.25) is 9.59 Å². The molecule has 11 heteroatoms. The zero-order chi connectivity index (χ0) is 33.0. The Morgan fingerprint density at radius 2 is 1.83 bits per heavy atom. The highest BCUT2D eigenvalue weighted by Crippen LogP contribution is 2.50. The Balaban J connectivity index is 0.924. The summed E-state index contributed by atoms with van der Waals surface area (Å²) in [5.74, 6) is 1.73. The number of carbonyl (C=O) groups is 2. The lowest BCUT2D eigenvalue weighted by Crippen LogP contribution is -2.61. The van der Waals surface area contributed by atoms with Crippen LogP contribution in [0.3, 0.4) is 0 Å². The fraction of sp³-hybridized carbons (Fsp3) is 0.667. The van der Waals surface area contributed by atoms with Crippen LogP contribution in [0.2, 0.25) is 0 Å². The quantitative estimate of drug-likeness (QED) is 0.446. The van der Waals surface area contributed by atoms with Gasteiger partial charge in [0.2, 0.25) is 5.91 Å².